The standard InChI is InChI=1S/C22H25F3N4O2/c1-13(17-12-26-29(9-10-30)14(17)2)27-20(31)16-5-7-18-15(11-16)6-8-19(28-18)21(3,4)22(23,24)25/h5-8,11-13,30H,9-10H2,1-4H3,(H,27,31). The molecule has 2 aromatic heterocycles. The summed E-state index contributed by atoms with van der Waals surface area (Å²) in [5.74, 6) is -0.316. The zero-order chi connectivity index (χ0) is 23.0. The fourth-order valence-electron chi connectivity index (χ4n) is 3.32. The van der Waals surface area contributed by atoms with Crippen LogP contribution in [0.5, 0.6) is 0 Å². The molecule has 3 rings (SSSR count). The Bertz CT molecular complexity index is 1110. The van der Waals surface area contributed by atoms with Gasteiger partial charge in [-0.25, -0.2) is 0 Å². The van der Waals surface area contributed by atoms with Crippen molar-refractivity contribution in [2.24, 2.45) is 0 Å². The Hall–Kier alpha value is -2.94. The van der Waals surface area contributed by atoms with Gasteiger partial charge >= 0.3 is 6.18 Å². The van der Waals surface area contributed by atoms with E-state index in [1.54, 1.807) is 35.1 Å². The van der Waals surface area contributed by atoms with E-state index in [2.05, 4.69) is 15.4 Å². The van der Waals surface area contributed by atoms with Crippen molar-refractivity contribution in [3.63, 3.8) is 0 Å². The molecule has 31 heavy (non-hydrogen) atoms. The zero-order valence-electron chi connectivity index (χ0n) is 17.8. The molecule has 9 heteroatoms. The van der Waals surface area contributed by atoms with E-state index in [9.17, 15) is 18.0 Å². The van der Waals surface area contributed by atoms with Crippen LogP contribution < -0.4 is 5.32 Å². The van der Waals surface area contributed by atoms with Crippen molar-refractivity contribution in [1.29, 1.82) is 0 Å². The molecule has 0 spiro atoms. The molecule has 0 saturated heterocycles. The number of carbonyl (C=O) groups is 1. The summed E-state index contributed by atoms with van der Waals surface area (Å²) < 4.78 is 41.6. The maximum Gasteiger partial charge on any atom is 0.399 e. The second-order valence-corrected chi connectivity index (χ2v) is 8.05. The molecule has 1 unspecified atom stereocenters. The molecule has 6 nitrogen and oxygen atoms in total. The lowest BCUT2D eigenvalue weighted by molar-refractivity contribution is -0.181. The van der Waals surface area contributed by atoms with E-state index in [-0.39, 0.29) is 24.2 Å². The van der Waals surface area contributed by atoms with Crippen molar-refractivity contribution < 1.29 is 23.1 Å². The van der Waals surface area contributed by atoms with Crippen LogP contribution in [0.3, 0.4) is 0 Å². The fraction of sp³-hybridized carbons (Fsp3) is 0.409. The van der Waals surface area contributed by atoms with E-state index < -0.39 is 11.6 Å². The Kier molecular flexibility index (Phi) is 6.09. The number of fused-ring (bicyclic) bond motifs is 1. The van der Waals surface area contributed by atoms with E-state index in [0.29, 0.717) is 23.0 Å². The van der Waals surface area contributed by atoms with Crippen molar-refractivity contribution >= 4 is 16.8 Å². The third kappa shape index (κ3) is 4.41. The Morgan fingerprint density at radius 1 is 1.23 bits per heavy atom. The maximum absolute atomic E-state index is 13.3. The van der Waals surface area contributed by atoms with Gasteiger partial charge in [-0.05, 0) is 52.0 Å². The summed E-state index contributed by atoms with van der Waals surface area (Å²) in [6.07, 6.45) is -2.77. The second-order valence-electron chi connectivity index (χ2n) is 8.05. The lowest BCUT2D eigenvalue weighted by Crippen LogP contribution is -2.37. The van der Waals surface area contributed by atoms with Crippen LogP contribution in [-0.4, -0.2) is 38.6 Å². The maximum atomic E-state index is 13.3. The van der Waals surface area contributed by atoms with E-state index in [4.69, 9.17) is 5.11 Å². The number of nitrogens with one attached hydrogen (secondary N) is 1. The number of aromatic nitrogens is 3. The van der Waals surface area contributed by atoms with Gasteiger partial charge in [0.05, 0.1) is 36.6 Å². The monoisotopic (exact) mass is 434 g/mol. The first-order valence-corrected chi connectivity index (χ1v) is 9.87. The Morgan fingerprint density at radius 3 is 2.58 bits per heavy atom. The van der Waals surface area contributed by atoms with Crippen LogP contribution >= 0.6 is 0 Å². The van der Waals surface area contributed by atoms with Crippen LogP contribution in [0.1, 0.15) is 54.1 Å². The molecule has 0 radical (unpaired) electrons. The van der Waals surface area contributed by atoms with Crippen LogP contribution in [0, 0.1) is 6.92 Å². The molecular formula is C22H25F3N4O2. The van der Waals surface area contributed by atoms with Crippen LogP contribution in [0.2, 0.25) is 0 Å². The Balaban J connectivity index is 1.81. The van der Waals surface area contributed by atoms with Crippen LogP contribution in [0.25, 0.3) is 10.9 Å². The van der Waals surface area contributed by atoms with Gasteiger partial charge in [-0.2, -0.15) is 18.3 Å². The first-order chi connectivity index (χ1) is 14.5. The normalized spacial score (nSPS) is 13.4. The highest BCUT2D eigenvalue weighted by atomic mass is 19.4. The van der Waals surface area contributed by atoms with E-state index in [1.165, 1.54) is 6.07 Å². The number of rotatable bonds is 6. The molecule has 0 aliphatic rings. The molecule has 0 fully saturated rings. The number of nitrogens with zero attached hydrogens (tertiary/aromatic N) is 3. The van der Waals surface area contributed by atoms with Gasteiger partial charge in [0.15, 0.2) is 0 Å². The van der Waals surface area contributed by atoms with Crippen molar-refractivity contribution in [1.82, 2.24) is 20.1 Å². The minimum absolute atomic E-state index is 0.0321. The highest BCUT2D eigenvalue weighted by Crippen LogP contribution is 2.39. The number of aliphatic hydroxyl groups is 1. The van der Waals surface area contributed by atoms with Gasteiger partial charge in [-0.15, -0.1) is 0 Å². The number of amides is 1. The molecule has 0 aliphatic carbocycles. The largest absolute Gasteiger partial charge is 0.399 e. The Morgan fingerprint density at radius 2 is 1.94 bits per heavy atom. The molecule has 1 amide bonds. The van der Waals surface area contributed by atoms with Gasteiger partial charge in [-0.3, -0.25) is 14.5 Å². The third-order valence-corrected chi connectivity index (χ3v) is 5.57. The molecular weight excluding hydrogens is 409 g/mol. The van der Waals surface area contributed by atoms with E-state index in [1.807, 2.05) is 13.8 Å². The number of alkyl halides is 3. The minimum atomic E-state index is -4.42. The van der Waals surface area contributed by atoms with E-state index in [0.717, 1.165) is 25.1 Å². The summed E-state index contributed by atoms with van der Waals surface area (Å²) in [4.78, 5) is 16.9. The lowest BCUT2D eigenvalue weighted by Gasteiger charge is -2.27. The molecule has 0 aliphatic heterocycles. The molecule has 2 heterocycles. The Labute approximate surface area is 178 Å². The average molecular weight is 434 g/mol. The number of benzene rings is 1. The summed E-state index contributed by atoms with van der Waals surface area (Å²) >= 11 is 0. The lowest BCUT2D eigenvalue weighted by atomic mass is 9.87. The molecule has 166 valence electrons. The van der Waals surface area contributed by atoms with Crippen molar-refractivity contribution in [3.8, 4) is 0 Å². The van der Waals surface area contributed by atoms with Crippen molar-refractivity contribution in [2.45, 2.75) is 51.9 Å². The van der Waals surface area contributed by atoms with Crippen LogP contribution in [0.4, 0.5) is 13.2 Å². The van der Waals surface area contributed by atoms with Gasteiger partial charge in [-0.1, -0.05) is 6.07 Å². The van der Waals surface area contributed by atoms with E-state index >= 15 is 0 Å². The summed E-state index contributed by atoms with van der Waals surface area (Å²) in [5, 5.41) is 16.8. The highest BCUT2D eigenvalue weighted by molar-refractivity contribution is 5.98. The smallest absolute Gasteiger partial charge is 0.394 e. The highest BCUT2D eigenvalue weighted by Gasteiger charge is 2.49. The predicted octanol–water partition coefficient (Wildman–Crippen LogP) is 4.06. The first kappa shape index (κ1) is 22.7. The second kappa shape index (κ2) is 8.30. The predicted molar refractivity (Wildman–Crippen MR) is 111 cm³/mol. The molecule has 1 atom stereocenters. The number of carbonyl (C=O) groups excluding carboxylic acids is 1. The first-order valence-electron chi connectivity index (χ1n) is 9.87. The number of hydrogen-bond donors (Lipinski definition) is 2. The summed E-state index contributed by atoms with van der Waals surface area (Å²) in [7, 11) is 0. The molecule has 2 N–H and O–H groups in total. The van der Waals surface area contributed by atoms with Gasteiger partial charge in [0.1, 0.15) is 5.41 Å². The zero-order valence-corrected chi connectivity index (χ0v) is 17.8. The van der Waals surface area contributed by atoms with Gasteiger partial charge in [0.25, 0.3) is 5.91 Å². The van der Waals surface area contributed by atoms with Crippen molar-refractivity contribution in [2.75, 3.05) is 6.61 Å². The quantitative estimate of drug-likeness (QED) is 0.613. The summed E-state index contributed by atoms with van der Waals surface area (Å²) in [5.41, 5.74) is 0.302. The number of aliphatic hydroxyl groups excluding tert-OH is 1. The summed E-state index contributed by atoms with van der Waals surface area (Å²) in [6.45, 7) is 6.22. The molecule has 1 aromatic carbocycles. The number of halogens is 3. The minimum Gasteiger partial charge on any atom is -0.394 e. The SMILES string of the molecule is Cc1c(C(C)NC(=O)c2ccc3nc(C(C)(C)C(F)(F)F)ccc3c2)cnn1CCO. The van der Waals surface area contributed by atoms with Gasteiger partial charge < -0.3 is 10.4 Å². The molecule has 0 bridgehead atoms. The van der Waals surface area contributed by atoms with Crippen LogP contribution in [0.15, 0.2) is 36.5 Å². The number of pyridine rings is 1. The van der Waals surface area contributed by atoms with Gasteiger partial charge in [0, 0.05) is 22.2 Å². The summed E-state index contributed by atoms with van der Waals surface area (Å²) in [6, 6.07) is 7.28. The fourth-order valence-corrected chi connectivity index (χ4v) is 3.32. The molecule has 0 saturated carbocycles. The van der Waals surface area contributed by atoms with Gasteiger partial charge in [0.2, 0.25) is 0 Å². The van der Waals surface area contributed by atoms with Crippen LogP contribution in [-0.2, 0) is 12.0 Å². The topological polar surface area (TPSA) is 80.0 Å². The van der Waals surface area contributed by atoms with Crippen molar-refractivity contribution in [3.05, 3.63) is 59.0 Å². The number of hydrogen-bond acceptors (Lipinski definition) is 4. The third-order valence-electron chi connectivity index (χ3n) is 5.57. The molecule has 3 aromatic rings. The average Bonchev–Trinajstić information content (AvgIpc) is 3.07.